The van der Waals surface area contributed by atoms with Gasteiger partial charge in [0.1, 0.15) is 5.75 Å². The minimum atomic E-state index is 0.438. The zero-order valence-electron chi connectivity index (χ0n) is 16.4. The fourth-order valence-electron chi connectivity index (χ4n) is 4.76. The number of ether oxygens (including phenoxy) is 1. The molecular formula is C23H29N3OS. The van der Waals surface area contributed by atoms with Crippen LogP contribution in [0.2, 0.25) is 0 Å². The van der Waals surface area contributed by atoms with Crippen molar-refractivity contribution in [1.82, 2.24) is 10.2 Å². The second-order valence-electron chi connectivity index (χ2n) is 7.86. The summed E-state index contributed by atoms with van der Waals surface area (Å²) in [4.78, 5) is 2.70. The normalized spacial score (nSPS) is 24.4. The fourth-order valence-corrected chi connectivity index (χ4v) is 5.04. The largest absolute Gasteiger partial charge is 0.496 e. The number of hydrogen-bond donors (Lipinski definition) is 2. The van der Waals surface area contributed by atoms with Gasteiger partial charge in [-0.15, -0.1) is 0 Å². The molecule has 2 saturated heterocycles. The van der Waals surface area contributed by atoms with Gasteiger partial charge in [-0.1, -0.05) is 42.8 Å². The van der Waals surface area contributed by atoms with Gasteiger partial charge in [-0.3, -0.25) is 4.90 Å². The number of methoxy groups -OCH3 is 1. The lowest BCUT2D eigenvalue weighted by atomic mass is 9.81. The number of benzene rings is 2. The molecule has 0 saturated carbocycles. The highest BCUT2D eigenvalue weighted by atomic mass is 32.1. The molecule has 5 heteroatoms. The third kappa shape index (κ3) is 4.47. The molecule has 2 aromatic rings. The standard InChI is InChI=1S/C23H29N3OS/c1-27-22-13-6-5-8-17(22)16-26-20-11-7-12-21(26)15-19(14-20)25-23(28)24-18-9-3-2-4-10-18/h2-6,8-10,13,19-21H,7,11-12,14-16H2,1H3,(H2,24,25,28)/t20-,21-/m0/s1. The van der Waals surface area contributed by atoms with Crippen LogP contribution in [0.25, 0.3) is 0 Å². The Morgan fingerprint density at radius 2 is 1.71 bits per heavy atom. The number of fused-ring (bicyclic) bond motifs is 2. The Hall–Kier alpha value is -2.11. The maximum Gasteiger partial charge on any atom is 0.170 e. The molecular weight excluding hydrogens is 366 g/mol. The predicted octanol–water partition coefficient (Wildman–Crippen LogP) is 4.57. The number of nitrogens with one attached hydrogen (secondary N) is 2. The highest BCUT2D eigenvalue weighted by Crippen LogP contribution is 2.36. The number of anilines is 1. The first-order chi connectivity index (χ1) is 13.7. The summed E-state index contributed by atoms with van der Waals surface area (Å²) in [6.45, 7) is 0.971. The molecule has 0 unspecified atom stereocenters. The molecule has 2 bridgehead atoms. The van der Waals surface area contributed by atoms with E-state index in [2.05, 4.69) is 33.7 Å². The second-order valence-corrected chi connectivity index (χ2v) is 8.26. The van der Waals surface area contributed by atoms with E-state index in [0.29, 0.717) is 18.1 Å². The van der Waals surface area contributed by atoms with Crippen molar-refractivity contribution in [3.05, 3.63) is 60.2 Å². The molecule has 0 amide bonds. The van der Waals surface area contributed by atoms with Crippen LogP contribution in [0.1, 0.15) is 37.7 Å². The Morgan fingerprint density at radius 1 is 1.04 bits per heavy atom. The molecule has 2 fully saturated rings. The van der Waals surface area contributed by atoms with Gasteiger partial charge in [0.05, 0.1) is 7.11 Å². The third-order valence-corrected chi connectivity index (χ3v) is 6.26. The van der Waals surface area contributed by atoms with Crippen molar-refractivity contribution in [3.8, 4) is 5.75 Å². The van der Waals surface area contributed by atoms with Gasteiger partial charge >= 0.3 is 0 Å². The summed E-state index contributed by atoms with van der Waals surface area (Å²) >= 11 is 5.56. The average molecular weight is 396 g/mol. The van der Waals surface area contributed by atoms with Gasteiger partial charge < -0.3 is 15.4 Å². The Kier molecular flexibility index (Phi) is 6.13. The van der Waals surface area contributed by atoms with Crippen molar-refractivity contribution < 1.29 is 4.74 Å². The van der Waals surface area contributed by atoms with Crippen molar-refractivity contribution in [2.45, 2.75) is 56.8 Å². The Labute approximate surface area is 173 Å². The summed E-state index contributed by atoms with van der Waals surface area (Å²) in [7, 11) is 1.76. The quantitative estimate of drug-likeness (QED) is 0.726. The van der Waals surface area contributed by atoms with E-state index in [0.717, 1.165) is 35.9 Å². The molecule has 2 aliphatic rings. The summed E-state index contributed by atoms with van der Waals surface area (Å²) in [6, 6.07) is 20.2. The summed E-state index contributed by atoms with van der Waals surface area (Å²) in [5.41, 5.74) is 2.32. The zero-order valence-corrected chi connectivity index (χ0v) is 17.3. The monoisotopic (exact) mass is 395 g/mol. The lowest BCUT2D eigenvalue weighted by molar-refractivity contribution is 0.0206. The summed E-state index contributed by atoms with van der Waals surface area (Å²) in [6.07, 6.45) is 6.15. The first-order valence-corrected chi connectivity index (χ1v) is 10.6. The lowest BCUT2D eigenvalue weighted by Crippen LogP contribution is -2.56. The highest BCUT2D eigenvalue weighted by molar-refractivity contribution is 7.80. The lowest BCUT2D eigenvalue weighted by Gasteiger charge is -2.49. The van der Waals surface area contributed by atoms with E-state index in [-0.39, 0.29) is 0 Å². The van der Waals surface area contributed by atoms with Gasteiger partial charge in [0.2, 0.25) is 0 Å². The van der Waals surface area contributed by atoms with Crippen LogP contribution in [-0.2, 0) is 6.54 Å². The molecule has 0 spiro atoms. The molecule has 4 rings (SSSR count). The van der Waals surface area contributed by atoms with Crippen LogP contribution in [0.4, 0.5) is 5.69 Å². The molecule has 2 N–H and O–H groups in total. The average Bonchev–Trinajstić information content (AvgIpc) is 2.69. The first kappa shape index (κ1) is 19.2. The minimum absolute atomic E-state index is 0.438. The van der Waals surface area contributed by atoms with E-state index >= 15 is 0 Å². The number of piperidine rings is 2. The maximum atomic E-state index is 5.57. The van der Waals surface area contributed by atoms with E-state index in [1.54, 1.807) is 7.11 Å². The molecule has 148 valence electrons. The Bertz CT molecular complexity index is 783. The van der Waals surface area contributed by atoms with Gasteiger partial charge in [0.15, 0.2) is 5.11 Å². The molecule has 2 aliphatic heterocycles. The molecule has 2 aromatic carbocycles. The van der Waals surface area contributed by atoms with Gasteiger partial charge in [-0.25, -0.2) is 0 Å². The molecule has 0 aromatic heterocycles. The topological polar surface area (TPSA) is 36.5 Å². The number of thiocarbonyl (C=S) groups is 1. The second kappa shape index (κ2) is 8.93. The van der Waals surface area contributed by atoms with Crippen molar-refractivity contribution in [2.75, 3.05) is 12.4 Å². The zero-order chi connectivity index (χ0) is 19.3. The van der Waals surface area contributed by atoms with Crippen LogP contribution in [0, 0.1) is 0 Å². The van der Waals surface area contributed by atoms with Gasteiger partial charge in [-0.05, 0) is 56.1 Å². The minimum Gasteiger partial charge on any atom is -0.496 e. The molecule has 2 heterocycles. The van der Waals surface area contributed by atoms with Crippen molar-refractivity contribution in [3.63, 3.8) is 0 Å². The van der Waals surface area contributed by atoms with Crippen molar-refractivity contribution in [1.29, 1.82) is 0 Å². The van der Waals surface area contributed by atoms with Crippen LogP contribution >= 0.6 is 12.2 Å². The summed E-state index contributed by atoms with van der Waals surface area (Å²) < 4.78 is 5.57. The van der Waals surface area contributed by atoms with Gasteiger partial charge in [0, 0.05) is 35.9 Å². The third-order valence-electron chi connectivity index (χ3n) is 6.04. The first-order valence-electron chi connectivity index (χ1n) is 10.2. The number of nitrogens with zero attached hydrogens (tertiary/aromatic N) is 1. The van der Waals surface area contributed by atoms with E-state index < -0.39 is 0 Å². The highest BCUT2D eigenvalue weighted by Gasteiger charge is 2.38. The van der Waals surface area contributed by atoms with Crippen molar-refractivity contribution >= 4 is 23.0 Å². The SMILES string of the molecule is COc1ccccc1CN1[C@H]2CCC[C@H]1CC(NC(=S)Nc1ccccc1)C2. The number of hydrogen-bond acceptors (Lipinski definition) is 3. The number of para-hydroxylation sites is 2. The molecule has 4 nitrogen and oxygen atoms in total. The van der Waals surface area contributed by atoms with Gasteiger partial charge in [-0.2, -0.15) is 0 Å². The molecule has 0 aliphatic carbocycles. The predicted molar refractivity (Wildman–Crippen MR) is 119 cm³/mol. The van der Waals surface area contributed by atoms with E-state index in [4.69, 9.17) is 17.0 Å². The Morgan fingerprint density at radius 3 is 2.43 bits per heavy atom. The summed E-state index contributed by atoms with van der Waals surface area (Å²) in [5, 5.41) is 7.61. The Balaban J connectivity index is 1.38. The van der Waals surface area contributed by atoms with Crippen LogP contribution in [0.15, 0.2) is 54.6 Å². The van der Waals surface area contributed by atoms with Crippen LogP contribution in [-0.4, -0.2) is 35.2 Å². The van der Waals surface area contributed by atoms with Gasteiger partial charge in [0.25, 0.3) is 0 Å². The smallest absolute Gasteiger partial charge is 0.170 e. The molecule has 28 heavy (non-hydrogen) atoms. The van der Waals surface area contributed by atoms with E-state index in [1.165, 1.54) is 24.8 Å². The molecule has 2 atom stereocenters. The maximum absolute atomic E-state index is 5.57. The molecule has 0 radical (unpaired) electrons. The summed E-state index contributed by atoms with van der Waals surface area (Å²) in [5.74, 6) is 0.995. The van der Waals surface area contributed by atoms with Crippen LogP contribution in [0.5, 0.6) is 5.75 Å². The van der Waals surface area contributed by atoms with Crippen molar-refractivity contribution in [2.24, 2.45) is 0 Å². The van der Waals surface area contributed by atoms with Crippen LogP contribution in [0.3, 0.4) is 0 Å². The van der Waals surface area contributed by atoms with E-state index in [1.807, 2.05) is 36.4 Å². The van der Waals surface area contributed by atoms with Crippen LogP contribution < -0.4 is 15.4 Å². The number of rotatable bonds is 5. The fraction of sp³-hybridized carbons (Fsp3) is 0.435. The van der Waals surface area contributed by atoms with E-state index in [9.17, 15) is 0 Å².